The molecule has 3 N–H and O–H groups in total. The largest absolute Gasteiger partial charge is 0.507 e. The first kappa shape index (κ1) is 24.8. The molecule has 2 rings (SSSR count). The molecular formula is C23H30ClNO6. The topological polar surface area (TPSA) is 109 Å². The number of hydrogen-bond acceptors (Lipinski definition) is 6. The summed E-state index contributed by atoms with van der Waals surface area (Å²) in [7, 11) is 1.63. The van der Waals surface area contributed by atoms with Gasteiger partial charge in [-0.05, 0) is 36.0 Å². The molecule has 0 bridgehead atoms. The zero-order valence-corrected chi connectivity index (χ0v) is 18.9. The van der Waals surface area contributed by atoms with Gasteiger partial charge in [0.15, 0.2) is 0 Å². The van der Waals surface area contributed by atoms with E-state index < -0.39 is 17.3 Å². The predicted octanol–water partition coefficient (Wildman–Crippen LogP) is 5.13. The summed E-state index contributed by atoms with van der Waals surface area (Å²) < 4.78 is 16.9. The summed E-state index contributed by atoms with van der Waals surface area (Å²) in [6, 6.07) is 3.44. The molecule has 31 heavy (non-hydrogen) atoms. The molecule has 7 nitrogen and oxygen atoms in total. The number of aliphatic carboxylic acids is 1. The standard InChI is InChI=1S/C23H30ClNO6/c1-4-14(2)16-8-15(9-20(26)18(12-25)23(27)28)17-10-19(24)22(11-21(17)31-13-16)30-7-5-6-29-3/h9-12,14,16,25-26H,4-8,13H2,1-3H3,(H,27,28)/b15-9+,20-18?,25-12?/t14-,16+/m1/s1. The number of ether oxygens (including phenoxy) is 3. The van der Waals surface area contributed by atoms with Crippen LogP contribution >= 0.6 is 11.6 Å². The quantitative estimate of drug-likeness (QED) is 0.197. The number of nitrogens with one attached hydrogen (secondary N) is 1. The molecule has 2 atom stereocenters. The first-order valence-corrected chi connectivity index (χ1v) is 10.7. The smallest absolute Gasteiger partial charge is 0.341 e. The van der Waals surface area contributed by atoms with E-state index in [0.29, 0.717) is 72.5 Å². The first-order valence-electron chi connectivity index (χ1n) is 10.3. The summed E-state index contributed by atoms with van der Waals surface area (Å²) in [5.41, 5.74) is 0.883. The Labute approximate surface area is 187 Å². The van der Waals surface area contributed by atoms with E-state index in [1.165, 1.54) is 6.08 Å². The van der Waals surface area contributed by atoms with Gasteiger partial charge in [-0.2, -0.15) is 0 Å². The van der Waals surface area contributed by atoms with Crippen LogP contribution in [0.2, 0.25) is 5.02 Å². The van der Waals surface area contributed by atoms with E-state index in [4.69, 9.17) is 31.2 Å². The van der Waals surface area contributed by atoms with Crippen molar-refractivity contribution in [1.82, 2.24) is 0 Å². The number of benzene rings is 1. The van der Waals surface area contributed by atoms with Crippen LogP contribution in [0.4, 0.5) is 0 Å². The number of fused-ring (bicyclic) bond motifs is 1. The fourth-order valence-corrected chi connectivity index (χ4v) is 3.59. The number of methoxy groups -OCH3 is 1. The van der Waals surface area contributed by atoms with Crippen LogP contribution in [-0.4, -0.2) is 49.3 Å². The maximum atomic E-state index is 11.3. The minimum Gasteiger partial charge on any atom is -0.507 e. The van der Waals surface area contributed by atoms with Gasteiger partial charge >= 0.3 is 5.97 Å². The first-order chi connectivity index (χ1) is 14.8. The molecule has 0 unspecified atom stereocenters. The summed E-state index contributed by atoms with van der Waals surface area (Å²) in [4.78, 5) is 11.3. The van der Waals surface area contributed by atoms with Gasteiger partial charge in [0.25, 0.3) is 0 Å². The molecule has 0 fully saturated rings. The molecule has 1 aromatic rings. The minimum absolute atomic E-state index is 0.162. The molecule has 0 amide bonds. The minimum atomic E-state index is -1.37. The number of carboxylic acids is 1. The molecule has 1 heterocycles. The van der Waals surface area contributed by atoms with Gasteiger partial charge in [0.05, 0.1) is 18.2 Å². The number of hydrogen-bond donors (Lipinski definition) is 3. The van der Waals surface area contributed by atoms with Gasteiger partial charge in [-0.15, -0.1) is 0 Å². The van der Waals surface area contributed by atoms with E-state index in [2.05, 4.69) is 13.8 Å². The van der Waals surface area contributed by atoms with E-state index >= 15 is 0 Å². The lowest BCUT2D eigenvalue weighted by Crippen LogP contribution is -2.18. The molecule has 0 saturated carbocycles. The normalized spacial score (nSPS) is 19.0. The third-order valence-electron chi connectivity index (χ3n) is 5.48. The predicted molar refractivity (Wildman–Crippen MR) is 121 cm³/mol. The maximum Gasteiger partial charge on any atom is 0.341 e. The Kier molecular flexibility index (Phi) is 9.40. The summed E-state index contributed by atoms with van der Waals surface area (Å²) in [5.74, 6) is -0.290. The van der Waals surface area contributed by atoms with Crippen molar-refractivity contribution in [3.63, 3.8) is 0 Å². The van der Waals surface area contributed by atoms with Crippen molar-refractivity contribution in [2.24, 2.45) is 11.8 Å². The Hall–Kier alpha value is -2.51. The van der Waals surface area contributed by atoms with Gasteiger partial charge in [-0.1, -0.05) is 31.9 Å². The van der Waals surface area contributed by atoms with Crippen LogP contribution in [0, 0.1) is 17.2 Å². The van der Waals surface area contributed by atoms with E-state index in [9.17, 15) is 15.0 Å². The zero-order chi connectivity index (χ0) is 23.0. The number of rotatable bonds is 10. The molecule has 0 radical (unpaired) electrons. The second-order valence-corrected chi connectivity index (χ2v) is 7.96. The monoisotopic (exact) mass is 451 g/mol. The van der Waals surface area contributed by atoms with Crippen molar-refractivity contribution >= 4 is 29.4 Å². The Bertz CT molecular complexity index is 864. The average molecular weight is 452 g/mol. The molecule has 170 valence electrons. The van der Waals surface area contributed by atoms with Gasteiger partial charge < -0.3 is 29.8 Å². The highest BCUT2D eigenvalue weighted by Gasteiger charge is 2.26. The van der Waals surface area contributed by atoms with Crippen LogP contribution in [0.1, 0.15) is 38.7 Å². The highest BCUT2D eigenvalue weighted by molar-refractivity contribution is 6.32. The average Bonchev–Trinajstić information content (AvgIpc) is 2.90. The highest BCUT2D eigenvalue weighted by Crippen LogP contribution is 2.42. The lowest BCUT2D eigenvalue weighted by atomic mass is 9.85. The number of allylic oxidation sites excluding steroid dienone is 2. The SMILES string of the molecule is CC[C@@H](C)[C@@H]1COc2cc(OCCCOC)c(Cl)cc2/C(=C/C(O)=C(C=N)C(=O)O)C1. The van der Waals surface area contributed by atoms with E-state index in [-0.39, 0.29) is 5.92 Å². The third-order valence-corrected chi connectivity index (χ3v) is 5.77. The second kappa shape index (κ2) is 11.8. The Morgan fingerprint density at radius 3 is 2.74 bits per heavy atom. The molecule has 0 aromatic heterocycles. The molecule has 1 aromatic carbocycles. The lowest BCUT2D eigenvalue weighted by molar-refractivity contribution is -0.132. The van der Waals surface area contributed by atoms with Crippen molar-refractivity contribution < 1.29 is 29.2 Å². The van der Waals surface area contributed by atoms with Gasteiger partial charge in [0.2, 0.25) is 0 Å². The fraction of sp³-hybridized carbons (Fsp3) is 0.478. The zero-order valence-electron chi connectivity index (χ0n) is 18.1. The van der Waals surface area contributed by atoms with Crippen LogP contribution < -0.4 is 9.47 Å². The number of aliphatic hydroxyl groups excluding tert-OH is 1. The van der Waals surface area contributed by atoms with Crippen LogP contribution in [0.5, 0.6) is 11.5 Å². The highest BCUT2D eigenvalue weighted by atomic mass is 35.5. The second-order valence-electron chi connectivity index (χ2n) is 7.55. The van der Waals surface area contributed by atoms with Gasteiger partial charge in [0.1, 0.15) is 22.8 Å². The number of carbonyl (C=O) groups is 1. The number of carboxylic acid groups (broad SMARTS) is 1. The van der Waals surface area contributed by atoms with Crippen LogP contribution in [-0.2, 0) is 9.53 Å². The molecule has 0 aliphatic carbocycles. The molecule has 8 heteroatoms. The van der Waals surface area contributed by atoms with E-state index in [0.717, 1.165) is 6.42 Å². The van der Waals surface area contributed by atoms with Crippen LogP contribution in [0.25, 0.3) is 5.57 Å². The van der Waals surface area contributed by atoms with Crippen molar-refractivity contribution in [1.29, 1.82) is 5.41 Å². The number of aliphatic hydroxyl groups is 1. The third kappa shape index (κ3) is 6.48. The van der Waals surface area contributed by atoms with Crippen molar-refractivity contribution in [3.8, 4) is 11.5 Å². The Balaban J connectivity index is 2.50. The van der Waals surface area contributed by atoms with Gasteiger partial charge in [-0.3, -0.25) is 0 Å². The number of halogens is 1. The lowest BCUT2D eigenvalue weighted by Gasteiger charge is -2.21. The summed E-state index contributed by atoms with van der Waals surface area (Å²) >= 11 is 6.45. The van der Waals surface area contributed by atoms with Gasteiger partial charge in [-0.25, -0.2) is 4.79 Å². The van der Waals surface area contributed by atoms with Crippen LogP contribution in [0.15, 0.2) is 29.5 Å². The Morgan fingerprint density at radius 1 is 1.39 bits per heavy atom. The Morgan fingerprint density at radius 2 is 2.13 bits per heavy atom. The molecule has 1 aliphatic rings. The van der Waals surface area contributed by atoms with Crippen LogP contribution in [0.3, 0.4) is 0 Å². The van der Waals surface area contributed by atoms with Gasteiger partial charge in [0, 0.05) is 38.0 Å². The summed E-state index contributed by atoms with van der Waals surface area (Å²) in [6.45, 7) is 5.73. The molecule has 0 spiro atoms. The fourth-order valence-electron chi connectivity index (χ4n) is 3.37. The summed E-state index contributed by atoms with van der Waals surface area (Å²) in [5, 5.41) is 27.3. The van der Waals surface area contributed by atoms with E-state index in [1.54, 1.807) is 19.2 Å². The maximum absolute atomic E-state index is 11.3. The molecular weight excluding hydrogens is 422 g/mol. The van der Waals surface area contributed by atoms with Crippen molar-refractivity contribution in [3.05, 3.63) is 40.1 Å². The van der Waals surface area contributed by atoms with E-state index in [1.807, 2.05) is 0 Å². The summed E-state index contributed by atoms with van der Waals surface area (Å²) in [6.07, 6.45) is 4.26. The van der Waals surface area contributed by atoms with Crippen molar-refractivity contribution in [2.45, 2.75) is 33.1 Å². The van der Waals surface area contributed by atoms with Crippen molar-refractivity contribution in [2.75, 3.05) is 26.9 Å². The molecule has 1 aliphatic heterocycles. The molecule has 0 saturated heterocycles.